The molecule has 2 heterocycles. The third kappa shape index (κ3) is 4.76. The van der Waals surface area contributed by atoms with Gasteiger partial charge in [-0.3, -0.25) is 9.69 Å². The number of rotatable bonds is 7. The highest BCUT2D eigenvalue weighted by Crippen LogP contribution is 2.42. The number of para-hydroxylation sites is 4. The van der Waals surface area contributed by atoms with Crippen LogP contribution in [-0.2, 0) is 4.79 Å². The molecule has 1 aliphatic carbocycles. The summed E-state index contributed by atoms with van der Waals surface area (Å²) in [5.41, 5.74) is 5.55. The lowest BCUT2D eigenvalue weighted by Gasteiger charge is -2.39. The second-order valence-corrected chi connectivity index (χ2v) is 10.1. The minimum atomic E-state index is -0.315. The molecule has 4 aromatic rings. The number of hydrogen-bond donors (Lipinski definition) is 1. The van der Waals surface area contributed by atoms with E-state index in [2.05, 4.69) is 41.1 Å². The summed E-state index contributed by atoms with van der Waals surface area (Å²) in [6.45, 7) is 4.44. The first-order valence-corrected chi connectivity index (χ1v) is 13.5. The number of anilines is 2. The number of aromatic nitrogens is 1. The Bertz CT molecular complexity index is 1520. The number of carbonyl (C=O) groups is 2. The molecule has 198 valence electrons. The van der Waals surface area contributed by atoms with E-state index >= 15 is 0 Å². The highest BCUT2D eigenvalue weighted by Gasteiger charge is 2.40. The molecule has 1 N–H and O–H groups in total. The van der Waals surface area contributed by atoms with Gasteiger partial charge in [-0.05, 0) is 68.7 Å². The summed E-state index contributed by atoms with van der Waals surface area (Å²) < 4.78 is 7.85. The Labute approximate surface area is 228 Å². The first kappa shape index (κ1) is 24.8. The van der Waals surface area contributed by atoms with Crippen LogP contribution in [0.15, 0.2) is 91.1 Å². The van der Waals surface area contributed by atoms with Crippen LogP contribution in [0, 0.1) is 6.92 Å². The second-order valence-electron chi connectivity index (χ2n) is 10.1. The maximum absolute atomic E-state index is 14.3. The maximum Gasteiger partial charge on any atom is 0.322 e. The Morgan fingerprint density at radius 3 is 2.49 bits per heavy atom. The quantitative estimate of drug-likeness (QED) is 0.310. The van der Waals surface area contributed by atoms with E-state index in [-0.39, 0.29) is 30.6 Å². The summed E-state index contributed by atoms with van der Waals surface area (Å²) in [6.07, 6.45) is 3.81. The van der Waals surface area contributed by atoms with Crippen LogP contribution in [0.25, 0.3) is 5.69 Å². The molecule has 1 aliphatic heterocycles. The van der Waals surface area contributed by atoms with Gasteiger partial charge in [0.25, 0.3) is 0 Å². The van der Waals surface area contributed by atoms with Crippen LogP contribution in [0.5, 0.6) is 5.75 Å². The van der Waals surface area contributed by atoms with E-state index < -0.39 is 0 Å². The Balaban J connectivity index is 1.35. The second kappa shape index (κ2) is 10.3. The number of urea groups is 1. The molecule has 1 unspecified atom stereocenters. The van der Waals surface area contributed by atoms with Gasteiger partial charge in [-0.2, -0.15) is 0 Å². The lowest BCUT2D eigenvalue weighted by atomic mass is 9.96. The lowest BCUT2D eigenvalue weighted by molar-refractivity contribution is -0.119. The smallest absolute Gasteiger partial charge is 0.322 e. The van der Waals surface area contributed by atoms with Gasteiger partial charge in [0.1, 0.15) is 18.3 Å². The minimum Gasteiger partial charge on any atom is -0.492 e. The van der Waals surface area contributed by atoms with Gasteiger partial charge in [-0.25, -0.2) is 4.79 Å². The molecule has 3 aromatic carbocycles. The van der Waals surface area contributed by atoms with E-state index in [1.165, 1.54) is 0 Å². The van der Waals surface area contributed by atoms with Crippen LogP contribution in [0.1, 0.15) is 42.6 Å². The fraction of sp³-hybridized carbons (Fsp3) is 0.250. The summed E-state index contributed by atoms with van der Waals surface area (Å²) in [5.74, 6) is 0.488. The van der Waals surface area contributed by atoms with Crippen molar-refractivity contribution in [1.82, 2.24) is 9.47 Å². The van der Waals surface area contributed by atoms with Gasteiger partial charge in [-0.15, -0.1) is 0 Å². The average Bonchev–Trinajstić information content (AvgIpc) is 3.67. The third-order valence-electron chi connectivity index (χ3n) is 7.33. The number of fused-ring (bicyclic) bond motifs is 3. The molecule has 1 aromatic heterocycles. The first-order chi connectivity index (χ1) is 19.0. The molecular weight excluding hydrogens is 488 g/mol. The summed E-state index contributed by atoms with van der Waals surface area (Å²) in [5, 5.41) is 2.99. The van der Waals surface area contributed by atoms with Gasteiger partial charge >= 0.3 is 6.03 Å². The number of aryl methyl sites for hydroxylation is 1. The molecular formula is C32H32N4O3. The number of hydrogen-bond acceptors (Lipinski definition) is 3. The molecule has 0 spiro atoms. The molecule has 1 atom stereocenters. The normalized spacial score (nSPS) is 15.7. The highest BCUT2D eigenvalue weighted by molar-refractivity contribution is 6.02. The molecule has 6 rings (SSSR count). The molecule has 7 heteroatoms. The average molecular weight is 521 g/mol. The monoisotopic (exact) mass is 520 g/mol. The van der Waals surface area contributed by atoms with Crippen molar-refractivity contribution >= 4 is 23.3 Å². The number of nitrogens with one attached hydrogen (secondary N) is 1. The number of carbonyl (C=O) groups excluding carboxylic acids is 2. The highest BCUT2D eigenvalue weighted by atomic mass is 16.5. The van der Waals surface area contributed by atoms with Gasteiger partial charge in [0, 0.05) is 12.2 Å². The van der Waals surface area contributed by atoms with Crippen molar-refractivity contribution < 1.29 is 14.3 Å². The molecule has 1 saturated carbocycles. The molecule has 0 radical (unpaired) electrons. The molecule has 1 fully saturated rings. The van der Waals surface area contributed by atoms with Gasteiger partial charge < -0.3 is 19.5 Å². The number of amides is 3. The van der Waals surface area contributed by atoms with E-state index in [0.717, 1.165) is 41.0 Å². The van der Waals surface area contributed by atoms with Crippen molar-refractivity contribution in [2.24, 2.45) is 0 Å². The van der Waals surface area contributed by atoms with Gasteiger partial charge in [-0.1, -0.05) is 54.1 Å². The standard InChI is InChI=1S/C32H32N4O3/c1-3-39-29-16-7-4-12-25(29)33-32(38)35(24-17-18-24)21-30(37)36-27-14-6-5-13-26(27)34-19-9-15-28(34)31(36)23-11-8-10-22(2)20-23/h4-16,19-20,24,31H,3,17-18,21H2,1-2H3,(H,33,38). The van der Waals surface area contributed by atoms with E-state index in [1.807, 2.05) is 78.7 Å². The summed E-state index contributed by atoms with van der Waals surface area (Å²) in [6, 6.07) is 27.1. The first-order valence-electron chi connectivity index (χ1n) is 13.5. The van der Waals surface area contributed by atoms with Crippen LogP contribution in [0.3, 0.4) is 0 Å². The number of ether oxygens (including phenoxy) is 1. The SMILES string of the molecule is CCOc1ccccc1NC(=O)N(CC(=O)N1c2ccccc2-n2cccc2C1c1cccc(C)c1)C1CC1. The van der Waals surface area contributed by atoms with E-state index in [9.17, 15) is 9.59 Å². The van der Waals surface area contributed by atoms with Gasteiger partial charge in [0.05, 0.1) is 29.4 Å². The van der Waals surface area contributed by atoms with Crippen LogP contribution in [-0.4, -0.2) is 40.6 Å². The van der Waals surface area contributed by atoms with Crippen molar-refractivity contribution in [3.8, 4) is 11.4 Å². The Hall–Kier alpha value is -4.52. The molecule has 0 saturated heterocycles. The van der Waals surface area contributed by atoms with Crippen LogP contribution >= 0.6 is 0 Å². The van der Waals surface area contributed by atoms with Gasteiger partial charge in [0.2, 0.25) is 5.91 Å². The fourth-order valence-electron chi connectivity index (χ4n) is 5.43. The fourth-order valence-corrected chi connectivity index (χ4v) is 5.43. The van der Waals surface area contributed by atoms with Crippen molar-refractivity contribution in [1.29, 1.82) is 0 Å². The number of benzene rings is 3. The van der Waals surface area contributed by atoms with Crippen molar-refractivity contribution in [2.75, 3.05) is 23.4 Å². The minimum absolute atomic E-state index is 0.0232. The largest absolute Gasteiger partial charge is 0.492 e. The molecule has 0 bridgehead atoms. The Morgan fingerprint density at radius 2 is 1.72 bits per heavy atom. The molecule has 2 aliphatic rings. The topological polar surface area (TPSA) is 66.8 Å². The molecule has 3 amide bonds. The van der Waals surface area contributed by atoms with Crippen LogP contribution < -0.4 is 15.0 Å². The Kier molecular flexibility index (Phi) is 6.57. The number of nitrogens with zero attached hydrogens (tertiary/aromatic N) is 3. The predicted molar refractivity (Wildman–Crippen MR) is 153 cm³/mol. The lowest BCUT2D eigenvalue weighted by Crippen LogP contribution is -2.48. The van der Waals surface area contributed by atoms with Crippen molar-refractivity contribution in [3.05, 3.63) is 108 Å². The Morgan fingerprint density at radius 1 is 0.949 bits per heavy atom. The summed E-state index contributed by atoms with van der Waals surface area (Å²) in [7, 11) is 0. The predicted octanol–water partition coefficient (Wildman–Crippen LogP) is 6.32. The maximum atomic E-state index is 14.3. The summed E-state index contributed by atoms with van der Waals surface area (Å²) >= 11 is 0. The molecule has 39 heavy (non-hydrogen) atoms. The van der Waals surface area contributed by atoms with E-state index in [4.69, 9.17) is 4.74 Å². The van der Waals surface area contributed by atoms with Crippen molar-refractivity contribution in [3.63, 3.8) is 0 Å². The zero-order valence-electron chi connectivity index (χ0n) is 22.2. The zero-order chi connectivity index (χ0) is 26.9. The van der Waals surface area contributed by atoms with E-state index in [0.29, 0.717) is 18.0 Å². The van der Waals surface area contributed by atoms with Crippen molar-refractivity contribution in [2.45, 2.75) is 38.8 Å². The van der Waals surface area contributed by atoms with Crippen LogP contribution in [0.4, 0.5) is 16.2 Å². The van der Waals surface area contributed by atoms with E-state index in [1.54, 1.807) is 4.90 Å². The van der Waals surface area contributed by atoms with Gasteiger partial charge in [0.15, 0.2) is 0 Å². The summed E-state index contributed by atoms with van der Waals surface area (Å²) in [4.78, 5) is 31.4. The van der Waals surface area contributed by atoms with Crippen LogP contribution in [0.2, 0.25) is 0 Å². The zero-order valence-corrected chi connectivity index (χ0v) is 22.2. The third-order valence-corrected chi connectivity index (χ3v) is 7.33. The molecule has 7 nitrogen and oxygen atoms in total.